The molecule has 1 saturated heterocycles. The molecule has 0 aliphatic carbocycles. The van der Waals surface area contributed by atoms with E-state index in [1.165, 1.54) is 0 Å². The van der Waals surface area contributed by atoms with Gasteiger partial charge in [-0.25, -0.2) is 0 Å². The minimum Gasteiger partial charge on any atom is -0.344 e. The lowest BCUT2D eigenvalue weighted by atomic mass is 10.1. The van der Waals surface area contributed by atoms with Crippen LogP contribution in [0.25, 0.3) is 0 Å². The Kier molecular flexibility index (Phi) is 6.29. The summed E-state index contributed by atoms with van der Waals surface area (Å²) in [5, 5.41) is 3.59. The second-order valence-corrected chi connectivity index (χ2v) is 7.10. The van der Waals surface area contributed by atoms with Crippen molar-refractivity contribution < 1.29 is 9.59 Å². The Morgan fingerprint density at radius 1 is 1.08 bits per heavy atom. The number of carbonyl (C=O) groups is 2. The van der Waals surface area contributed by atoms with Crippen LogP contribution in [0.5, 0.6) is 0 Å². The van der Waals surface area contributed by atoms with Crippen molar-refractivity contribution in [2.45, 2.75) is 38.3 Å². The minimum atomic E-state index is -0.451. The molecule has 1 unspecified atom stereocenters. The molecule has 1 aliphatic rings. The lowest BCUT2D eigenvalue weighted by molar-refractivity contribution is -0.136. The van der Waals surface area contributed by atoms with E-state index in [1.54, 1.807) is 0 Å². The van der Waals surface area contributed by atoms with Gasteiger partial charge in [-0.3, -0.25) is 9.59 Å². The summed E-state index contributed by atoms with van der Waals surface area (Å²) >= 11 is 6.05. The second-order valence-electron chi connectivity index (χ2n) is 6.67. The fourth-order valence-electron chi connectivity index (χ4n) is 3.28. The SMILES string of the molecule is O=C(Cc1ccccc1)NC1CCCCN(Cc2cccc(Cl)c2)C1=O. The minimum absolute atomic E-state index is 0.0103. The highest BCUT2D eigenvalue weighted by Gasteiger charge is 2.28. The third kappa shape index (κ3) is 5.09. The van der Waals surface area contributed by atoms with Crippen LogP contribution in [-0.4, -0.2) is 29.3 Å². The van der Waals surface area contributed by atoms with Crippen LogP contribution in [0.1, 0.15) is 30.4 Å². The molecule has 1 fully saturated rings. The summed E-state index contributed by atoms with van der Waals surface area (Å²) in [5.74, 6) is -0.122. The number of nitrogens with zero attached hydrogens (tertiary/aromatic N) is 1. The Balaban J connectivity index is 1.63. The first-order chi connectivity index (χ1) is 12.6. The van der Waals surface area contributed by atoms with Crippen molar-refractivity contribution in [2.24, 2.45) is 0 Å². The maximum absolute atomic E-state index is 12.9. The Hall–Kier alpha value is -2.33. The maximum Gasteiger partial charge on any atom is 0.245 e. The smallest absolute Gasteiger partial charge is 0.245 e. The molecule has 0 spiro atoms. The zero-order chi connectivity index (χ0) is 18.4. The standard InChI is InChI=1S/C21H23ClN2O2/c22-18-10-6-9-17(13-18)15-24-12-5-4-11-19(21(24)26)23-20(25)14-16-7-2-1-3-8-16/h1-3,6-10,13,19H,4-5,11-12,14-15H2,(H,23,25). The highest BCUT2D eigenvalue weighted by molar-refractivity contribution is 6.30. The van der Waals surface area contributed by atoms with E-state index in [2.05, 4.69) is 5.32 Å². The zero-order valence-electron chi connectivity index (χ0n) is 14.7. The summed E-state index contributed by atoms with van der Waals surface area (Å²) in [6.45, 7) is 1.22. The van der Waals surface area contributed by atoms with Gasteiger partial charge in [-0.1, -0.05) is 54.1 Å². The molecular weight excluding hydrogens is 348 g/mol. The van der Waals surface area contributed by atoms with Crippen molar-refractivity contribution in [3.8, 4) is 0 Å². The molecule has 136 valence electrons. The van der Waals surface area contributed by atoms with E-state index in [9.17, 15) is 9.59 Å². The largest absolute Gasteiger partial charge is 0.344 e. The normalized spacial score (nSPS) is 17.7. The highest BCUT2D eigenvalue weighted by Crippen LogP contribution is 2.18. The maximum atomic E-state index is 12.9. The van der Waals surface area contributed by atoms with Crippen LogP contribution in [0.15, 0.2) is 54.6 Å². The van der Waals surface area contributed by atoms with E-state index >= 15 is 0 Å². The van der Waals surface area contributed by atoms with Crippen molar-refractivity contribution in [3.63, 3.8) is 0 Å². The number of hydrogen-bond acceptors (Lipinski definition) is 2. The van der Waals surface area contributed by atoms with Crippen molar-refractivity contribution in [1.29, 1.82) is 0 Å². The van der Waals surface area contributed by atoms with Gasteiger partial charge in [-0.2, -0.15) is 0 Å². The summed E-state index contributed by atoms with van der Waals surface area (Å²) in [5.41, 5.74) is 1.95. The molecular formula is C21H23ClN2O2. The number of benzene rings is 2. The molecule has 1 atom stereocenters. The average molecular weight is 371 g/mol. The van der Waals surface area contributed by atoms with E-state index in [0.717, 1.165) is 24.0 Å². The quantitative estimate of drug-likeness (QED) is 0.874. The molecule has 0 aromatic heterocycles. The Labute approximate surface area is 159 Å². The van der Waals surface area contributed by atoms with Gasteiger partial charge in [-0.05, 0) is 42.5 Å². The monoisotopic (exact) mass is 370 g/mol. The van der Waals surface area contributed by atoms with Gasteiger partial charge < -0.3 is 10.2 Å². The molecule has 2 aromatic rings. The lowest BCUT2D eigenvalue weighted by Crippen LogP contribution is -2.47. The van der Waals surface area contributed by atoms with Crippen LogP contribution in [-0.2, 0) is 22.6 Å². The predicted molar refractivity (Wildman–Crippen MR) is 103 cm³/mol. The fraction of sp³-hybridized carbons (Fsp3) is 0.333. The van der Waals surface area contributed by atoms with Crippen LogP contribution < -0.4 is 5.32 Å². The molecule has 3 rings (SSSR count). The van der Waals surface area contributed by atoms with Crippen molar-refractivity contribution in [2.75, 3.05) is 6.54 Å². The molecule has 26 heavy (non-hydrogen) atoms. The number of halogens is 1. The van der Waals surface area contributed by atoms with Crippen LogP contribution in [0.4, 0.5) is 0 Å². The molecule has 0 radical (unpaired) electrons. The van der Waals surface area contributed by atoms with Gasteiger partial charge in [0.2, 0.25) is 11.8 Å². The Morgan fingerprint density at radius 3 is 2.62 bits per heavy atom. The average Bonchev–Trinajstić information content (AvgIpc) is 2.79. The second kappa shape index (κ2) is 8.86. The van der Waals surface area contributed by atoms with Crippen LogP contribution in [0.2, 0.25) is 5.02 Å². The molecule has 0 bridgehead atoms. The zero-order valence-corrected chi connectivity index (χ0v) is 15.4. The summed E-state index contributed by atoms with van der Waals surface area (Å²) in [4.78, 5) is 27.1. The van der Waals surface area contributed by atoms with E-state index in [-0.39, 0.29) is 11.8 Å². The molecule has 0 saturated carbocycles. The van der Waals surface area contributed by atoms with Gasteiger partial charge >= 0.3 is 0 Å². The third-order valence-electron chi connectivity index (χ3n) is 4.59. The van der Waals surface area contributed by atoms with Crippen molar-refractivity contribution >= 4 is 23.4 Å². The fourth-order valence-corrected chi connectivity index (χ4v) is 3.49. The van der Waals surface area contributed by atoms with E-state index < -0.39 is 6.04 Å². The van der Waals surface area contributed by atoms with Gasteiger partial charge in [0.15, 0.2) is 0 Å². The molecule has 2 amide bonds. The molecule has 1 heterocycles. The first-order valence-electron chi connectivity index (χ1n) is 8.98. The number of amides is 2. The topological polar surface area (TPSA) is 49.4 Å². The summed E-state index contributed by atoms with van der Waals surface area (Å²) in [7, 11) is 0. The summed E-state index contributed by atoms with van der Waals surface area (Å²) in [6, 6.07) is 16.7. The van der Waals surface area contributed by atoms with Gasteiger partial charge in [0.05, 0.1) is 6.42 Å². The van der Waals surface area contributed by atoms with Crippen molar-refractivity contribution in [1.82, 2.24) is 10.2 Å². The molecule has 1 N–H and O–H groups in total. The van der Waals surface area contributed by atoms with Crippen molar-refractivity contribution in [3.05, 3.63) is 70.7 Å². The number of rotatable bonds is 5. The summed E-state index contributed by atoms with van der Waals surface area (Å²) in [6.07, 6.45) is 2.84. The highest BCUT2D eigenvalue weighted by atomic mass is 35.5. The predicted octanol–water partition coefficient (Wildman–Crippen LogP) is 3.58. The van der Waals surface area contributed by atoms with Gasteiger partial charge in [0.25, 0.3) is 0 Å². The number of likely N-dealkylation sites (tertiary alicyclic amines) is 1. The first-order valence-corrected chi connectivity index (χ1v) is 9.36. The Bertz CT molecular complexity index is 764. The Morgan fingerprint density at radius 2 is 1.85 bits per heavy atom. The molecule has 2 aromatic carbocycles. The first kappa shape index (κ1) is 18.5. The number of hydrogen-bond donors (Lipinski definition) is 1. The number of nitrogens with one attached hydrogen (secondary N) is 1. The van der Waals surface area contributed by atoms with Crippen LogP contribution in [0, 0.1) is 0 Å². The molecule has 4 nitrogen and oxygen atoms in total. The third-order valence-corrected chi connectivity index (χ3v) is 4.82. The molecule has 1 aliphatic heterocycles. The van der Waals surface area contributed by atoms with Gasteiger partial charge in [-0.15, -0.1) is 0 Å². The lowest BCUT2D eigenvalue weighted by Gasteiger charge is -2.25. The number of carbonyl (C=O) groups excluding carboxylic acids is 2. The van der Waals surface area contributed by atoms with Gasteiger partial charge in [0, 0.05) is 18.1 Å². The molecule has 5 heteroatoms. The van der Waals surface area contributed by atoms with E-state index in [4.69, 9.17) is 11.6 Å². The van der Waals surface area contributed by atoms with E-state index in [1.807, 2.05) is 59.5 Å². The van der Waals surface area contributed by atoms with Crippen LogP contribution >= 0.6 is 11.6 Å². The summed E-state index contributed by atoms with van der Waals surface area (Å²) < 4.78 is 0. The van der Waals surface area contributed by atoms with Crippen LogP contribution in [0.3, 0.4) is 0 Å². The van der Waals surface area contributed by atoms with Gasteiger partial charge in [0.1, 0.15) is 6.04 Å². The van der Waals surface area contributed by atoms with E-state index in [0.29, 0.717) is 31.0 Å².